The minimum absolute atomic E-state index is 0.0388. The minimum Gasteiger partial charge on any atom is -0.377 e. The van der Waals surface area contributed by atoms with Crippen molar-refractivity contribution in [2.75, 3.05) is 7.11 Å². The molecule has 0 aliphatic rings. The first-order chi connectivity index (χ1) is 14.6. The van der Waals surface area contributed by atoms with Crippen LogP contribution in [0.15, 0.2) is 41.3 Å². The van der Waals surface area contributed by atoms with Crippen LogP contribution in [0.1, 0.15) is 35.3 Å². The Labute approximate surface area is 180 Å². The molecule has 0 spiro atoms. The lowest BCUT2D eigenvalue weighted by molar-refractivity contribution is -0.117. The van der Waals surface area contributed by atoms with E-state index in [0.29, 0.717) is 18.1 Å². The summed E-state index contributed by atoms with van der Waals surface area (Å²) >= 11 is 0. The first-order valence-electron chi connectivity index (χ1n) is 9.44. The number of hydrogen-bond donors (Lipinski definition) is 1. The van der Waals surface area contributed by atoms with Crippen LogP contribution in [0.4, 0.5) is 4.39 Å². The number of aromatic nitrogens is 3. The number of ether oxygens (including phenoxy) is 1. The molecule has 0 fully saturated rings. The summed E-state index contributed by atoms with van der Waals surface area (Å²) in [6.07, 6.45) is 0.398. The highest BCUT2D eigenvalue weighted by molar-refractivity contribution is 7.90. The van der Waals surface area contributed by atoms with Crippen LogP contribution < -0.4 is 4.72 Å². The molecule has 0 aliphatic heterocycles. The Hall–Kier alpha value is -3.11. The van der Waals surface area contributed by atoms with E-state index in [9.17, 15) is 17.6 Å². The average molecular weight is 447 g/mol. The van der Waals surface area contributed by atoms with E-state index in [-0.39, 0.29) is 17.2 Å². The second-order valence-electron chi connectivity index (χ2n) is 7.17. The Bertz CT molecular complexity index is 1240. The summed E-state index contributed by atoms with van der Waals surface area (Å²) in [4.78, 5) is 15.2. The molecular weight excluding hydrogens is 423 g/mol. The number of nitrogens with zero attached hydrogens (tertiary/aromatic N) is 3. The van der Waals surface area contributed by atoms with Crippen molar-refractivity contribution in [3.63, 3.8) is 0 Å². The van der Waals surface area contributed by atoms with Gasteiger partial charge in [0.15, 0.2) is 5.82 Å². The van der Waals surface area contributed by atoms with Crippen molar-refractivity contribution >= 4 is 15.9 Å². The quantitative estimate of drug-likeness (QED) is 0.598. The van der Waals surface area contributed by atoms with Crippen molar-refractivity contribution in [1.82, 2.24) is 19.5 Å². The first-order valence-corrected chi connectivity index (χ1v) is 10.9. The number of rotatable bonds is 7. The van der Waals surface area contributed by atoms with Gasteiger partial charge in [0.2, 0.25) is 5.91 Å². The van der Waals surface area contributed by atoms with Crippen LogP contribution in [0.25, 0.3) is 5.69 Å². The number of nitrogens with one attached hydrogen (secondary N) is 1. The lowest BCUT2D eigenvalue weighted by Crippen LogP contribution is -2.28. The topological polar surface area (TPSA) is 103 Å². The van der Waals surface area contributed by atoms with Gasteiger partial charge in [-0.15, -0.1) is 5.10 Å². The van der Waals surface area contributed by atoms with Crippen molar-refractivity contribution in [2.24, 2.45) is 0 Å². The van der Waals surface area contributed by atoms with Crippen molar-refractivity contribution in [3.05, 3.63) is 70.6 Å². The molecule has 0 saturated carbocycles. The second kappa shape index (κ2) is 8.94. The van der Waals surface area contributed by atoms with E-state index in [1.165, 1.54) is 23.9 Å². The summed E-state index contributed by atoms with van der Waals surface area (Å²) in [7, 11) is -2.65. The van der Waals surface area contributed by atoms with E-state index < -0.39 is 21.7 Å². The Morgan fingerprint density at radius 2 is 1.94 bits per heavy atom. The molecule has 2 aromatic carbocycles. The third-order valence-electron chi connectivity index (χ3n) is 4.58. The monoisotopic (exact) mass is 446 g/mol. The molecule has 1 amide bonds. The van der Waals surface area contributed by atoms with Gasteiger partial charge >= 0.3 is 0 Å². The van der Waals surface area contributed by atoms with Crippen LogP contribution >= 0.6 is 0 Å². The Morgan fingerprint density at radius 3 is 2.58 bits per heavy atom. The third-order valence-corrected chi connectivity index (χ3v) is 6.01. The highest BCUT2D eigenvalue weighted by Gasteiger charge is 2.21. The molecule has 31 heavy (non-hydrogen) atoms. The molecule has 10 heteroatoms. The highest BCUT2D eigenvalue weighted by atomic mass is 32.2. The summed E-state index contributed by atoms with van der Waals surface area (Å²) in [6, 6.07) is 9.40. The van der Waals surface area contributed by atoms with Crippen LogP contribution in [0, 0.1) is 19.7 Å². The van der Waals surface area contributed by atoms with Gasteiger partial charge in [-0.05, 0) is 43.2 Å². The van der Waals surface area contributed by atoms with Crippen molar-refractivity contribution in [1.29, 1.82) is 0 Å². The number of amides is 1. The molecule has 3 rings (SSSR count). The van der Waals surface area contributed by atoms with Gasteiger partial charge in [-0.3, -0.25) is 4.79 Å². The molecule has 8 nitrogen and oxygen atoms in total. The predicted octanol–water partition coefficient (Wildman–Crippen LogP) is 2.59. The fourth-order valence-corrected chi connectivity index (χ4v) is 4.13. The molecule has 3 aromatic rings. The Kier molecular flexibility index (Phi) is 6.51. The number of carbonyl (C=O) groups is 1. The third kappa shape index (κ3) is 5.15. The van der Waals surface area contributed by atoms with Crippen molar-refractivity contribution < 1.29 is 22.3 Å². The standard InChI is InChI=1S/C21H23FN4O4S/c1-13-5-6-14(2)16(9-13)10-21-23-20(12-30-4)24-26(21)19-8-7-17(11-18(19)22)31(28,29)25-15(3)27/h5-9,11H,10,12H2,1-4H3,(H,25,27). The molecule has 0 bridgehead atoms. The molecule has 0 saturated heterocycles. The van der Waals surface area contributed by atoms with E-state index in [1.54, 1.807) is 0 Å². The lowest BCUT2D eigenvalue weighted by Gasteiger charge is -2.11. The first kappa shape index (κ1) is 22.6. The number of halogens is 1. The molecule has 1 N–H and O–H groups in total. The number of methoxy groups -OCH3 is 1. The van der Waals surface area contributed by atoms with E-state index in [0.717, 1.165) is 29.7 Å². The maximum Gasteiger partial charge on any atom is 0.264 e. The molecule has 0 radical (unpaired) electrons. The zero-order chi connectivity index (χ0) is 22.8. The number of aryl methyl sites for hydroxylation is 2. The summed E-state index contributed by atoms with van der Waals surface area (Å²) < 4.78 is 47.5. The Morgan fingerprint density at radius 1 is 1.19 bits per heavy atom. The van der Waals surface area contributed by atoms with E-state index >= 15 is 0 Å². The van der Waals surface area contributed by atoms with Gasteiger partial charge in [0.25, 0.3) is 10.0 Å². The molecule has 1 heterocycles. The fourth-order valence-electron chi connectivity index (χ4n) is 3.13. The maximum atomic E-state index is 15.0. The van der Waals surface area contributed by atoms with Crippen LogP contribution in [0.2, 0.25) is 0 Å². The van der Waals surface area contributed by atoms with Crippen LogP contribution in [0.3, 0.4) is 0 Å². The molecule has 1 aromatic heterocycles. The van der Waals surface area contributed by atoms with E-state index in [4.69, 9.17) is 4.74 Å². The van der Waals surface area contributed by atoms with E-state index in [1.807, 2.05) is 36.8 Å². The molecule has 0 unspecified atom stereocenters. The number of benzene rings is 2. The number of sulfonamides is 1. The average Bonchev–Trinajstić information content (AvgIpc) is 3.06. The van der Waals surface area contributed by atoms with Gasteiger partial charge in [0.05, 0.1) is 4.90 Å². The highest BCUT2D eigenvalue weighted by Crippen LogP contribution is 2.22. The van der Waals surface area contributed by atoms with Gasteiger partial charge < -0.3 is 4.74 Å². The lowest BCUT2D eigenvalue weighted by atomic mass is 10.0. The van der Waals surface area contributed by atoms with Crippen LogP contribution in [0.5, 0.6) is 0 Å². The summed E-state index contributed by atoms with van der Waals surface area (Å²) in [5, 5.41) is 4.34. The largest absolute Gasteiger partial charge is 0.377 e. The smallest absolute Gasteiger partial charge is 0.264 e. The maximum absolute atomic E-state index is 15.0. The number of carbonyl (C=O) groups excluding carboxylic acids is 1. The van der Waals surface area contributed by atoms with Gasteiger partial charge in [-0.1, -0.05) is 23.8 Å². The Balaban J connectivity index is 2.05. The van der Waals surface area contributed by atoms with Crippen molar-refractivity contribution in [2.45, 2.75) is 38.7 Å². The normalized spacial score (nSPS) is 11.5. The molecule has 164 valence electrons. The van der Waals surface area contributed by atoms with Gasteiger partial charge in [0, 0.05) is 20.5 Å². The van der Waals surface area contributed by atoms with Crippen LogP contribution in [-0.4, -0.2) is 36.2 Å². The van der Waals surface area contributed by atoms with Crippen LogP contribution in [-0.2, 0) is 32.6 Å². The van der Waals surface area contributed by atoms with Crippen molar-refractivity contribution in [3.8, 4) is 5.69 Å². The zero-order valence-corrected chi connectivity index (χ0v) is 18.5. The van der Waals surface area contributed by atoms with Gasteiger partial charge in [-0.25, -0.2) is 27.2 Å². The summed E-state index contributed by atoms with van der Waals surface area (Å²) in [5.74, 6) is -0.724. The fraction of sp³-hybridized carbons (Fsp3) is 0.286. The molecule has 0 aliphatic carbocycles. The molecule has 0 atom stereocenters. The van der Waals surface area contributed by atoms with Gasteiger partial charge in [0.1, 0.15) is 23.9 Å². The van der Waals surface area contributed by atoms with Gasteiger partial charge in [-0.2, -0.15) is 0 Å². The second-order valence-corrected chi connectivity index (χ2v) is 8.85. The SMILES string of the molecule is COCc1nc(Cc2cc(C)ccc2C)n(-c2ccc(S(=O)(=O)NC(C)=O)cc2F)n1. The molecular formula is C21H23FN4O4S. The predicted molar refractivity (Wildman–Crippen MR) is 112 cm³/mol. The number of hydrogen-bond acceptors (Lipinski definition) is 6. The minimum atomic E-state index is -4.16. The zero-order valence-electron chi connectivity index (χ0n) is 17.6. The summed E-state index contributed by atoms with van der Waals surface area (Å²) in [5.41, 5.74) is 3.20. The summed E-state index contributed by atoms with van der Waals surface area (Å²) in [6.45, 7) is 5.17. The van der Waals surface area contributed by atoms with E-state index in [2.05, 4.69) is 10.1 Å².